The number of rotatable bonds is 6. The van der Waals surface area contributed by atoms with Gasteiger partial charge in [-0.3, -0.25) is 4.79 Å². The predicted octanol–water partition coefficient (Wildman–Crippen LogP) is 0.720. The number of carbonyl (C=O) groups excluding carboxylic acids is 1. The Labute approximate surface area is 116 Å². The summed E-state index contributed by atoms with van der Waals surface area (Å²) in [6.45, 7) is 1.40. The molecule has 6 heteroatoms. The molecule has 1 saturated heterocycles. The number of hydrogen-bond donors (Lipinski definition) is 2. The van der Waals surface area contributed by atoms with E-state index in [1.807, 2.05) is 6.07 Å². The summed E-state index contributed by atoms with van der Waals surface area (Å²) in [5, 5.41) is 11.7. The van der Waals surface area contributed by atoms with Crippen LogP contribution in [0.2, 0.25) is 0 Å². The van der Waals surface area contributed by atoms with Crippen LogP contribution in [0.3, 0.4) is 0 Å². The molecule has 2 heterocycles. The van der Waals surface area contributed by atoms with Crippen LogP contribution in [0.4, 0.5) is 5.69 Å². The van der Waals surface area contributed by atoms with Crippen molar-refractivity contribution in [1.29, 1.82) is 0 Å². The van der Waals surface area contributed by atoms with Crippen molar-refractivity contribution in [3.05, 3.63) is 17.7 Å². The van der Waals surface area contributed by atoms with Gasteiger partial charge in [-0.15, -0.1) is 0 Å². The molecule has 1 fully saturated rings. The fourth-order valence-corrected chi connectivity index (χ4v) is 2.19. The van der Waals surface area contributed by atoms with Crippen LogP contribution in [0, 0.1) is 0 Å². The molecule has 6 nitrogen and oxygen atoms in total. The number of amides is 1. The van der Waals surface area contributed by atoms with Crippen molar-refractivity contribution in [2.75, 3.05) is 31.7 Å². The average Bonchev–Trinajstić information content (AvgIpc) is 3.27. The molecule has 1 aromatic rings. The van der Waals surface area contributed by atoms with Gasteiger partial charge in [0.2, 0.25) is 5.91 Å². The van der Waals surface area contributed by atoms with Crippen molar-refractivity contribution in [2.45, 2.75) is 18.9 Å². The highest BCUT2D eigenvalue weighted by Crippen LogP contribution is 2.39. The molecule has 0 bridgehead atoms. The molecule has 1 atom stereocenters. The number of ether oxygens (including phenoxy) is 3. The van der Waals surface area contributed by atoms with Crippen LogP contribution in [0.5, 0.6) is 11.5 Å². The van der Waals surface area contributed by atoms with Gasteiger partial charge >= 0.3 is 0 Å². The maximum absolute atomic E-state index is 11.6. The number of fused-ring (bicyclic) bond motifs is 1. The van der Waals surface area contributed by atoms with Gasteiger partial charge in [0, 0.05) is 12.0 Å². The molecule has 108 valence electrons. The van der Waals surface area contributed by atoms with Crippen molar-refractivity contribution >= 4 is 11.6 Å². The van der Waals surface area contributed by atoms with E-state index in [9.17, 15) is 4.79 Å². The van der Waals surface area contributed by atoms with Gasteiger partial charge in [0.05, 0.1) is 18.9 Å². The van der Waals surface area contributed by atoms with E-state index in [0.717, 1.165) is 17.9 Å². The highest BCUT2D eigenvalue weighted by Gasteiger charge is 2.26. The summed E-state index contributed by atoms with van der Waals surface area (Å²) in [6.07, 6.45) is 1.25. The molecule has 2 N–H and O–H groups in total. The van der Waals surface area contributed by atoms with Crippen LogP contribution in [-0.4, -0.2) is 43.5 Å². The predicted molar refractivity (Wildman–Crippen MR) is 71.2 cm³/mol. The summed E-state index contributed by atoms with van der Waals surface area (Å²) in [5.74, 6) is 1.29. The Morgan fingerprint density at radius 3 is 2.85 bits per heavy atom. The highest BCUT2D eigenvalue weighted by molar-refractivity contribution is 5.96. The summed E-state index contributed by atoms with van der Waals surface area (Å²) in [7, 11) is 0. The van der Waals surface area contributed by atoms with E-state index in [0.29, 0.717) is 30.9 Å². The van der Waals surface area contributed by atoms with Gasteiger partial charge in [0.1, 0.15) is 30.8 Å². The number of epoxide rings is 1. The summed E-state index contributed by atoms with van der Waals surface area (Å²) in [4.78, 5) is 11.6. The van der Waals surface area contributed by atoms with Crippen LogP contribution >= 0.6 is 0 Å². The van der Waals surface area contributed by atoms with Gasteiger partial charge in [0.25, 0.3) is 0 Å². The Morgan fingerprint density at radius 2 is 2.10 bits per heavy atom. The lowest BCUT2D eigenvalue weighted by atomic mass is 10.0. The van der Waals surface area contributed by atoms with Gasteiger partial charge < -0.3 is 24.6 Å². The molecule has 3 rings (SSSR count). The standard InChI is InChI=1S/C14H17NO5/c16-5-6-18-12-3-2-11(20-8-9-7-19-9)10-1-4-13(17)15-14(10)12/h2-3,9,16H,1,4-8H2,(H,15,17). The minimum Gasteiger partial charge on any atom is -0.490 e. The lowest BCUT2D eigenvalue weighted by Gasteiger charge is -2.22. The Hall–Kier alpha value is -1.79. The van der Waals surface area contributed by atoms with E-state index in [-0.39, 0.29) is 25.2 Å². The fraction of sp³-hybridized carbons (Fsp3) is 0.500. The SMILES string of the molecule is O=C1CCc2c(OCC3CO3)ccc(OCCO)c2N1. The van der Waals surface area contributed by atoms with Crippen molar-refractivity contribution in [2.24, 2.45) is 0 Å². The zero-order valence-electron chi connectivity index (χ0n) is 11.1. The molecule has 1 amide bonds. The number of carbonyl (C=O) groups is 1. The van der Waals surface area contributed by atoms with Gasteiger partial charge in [-0.25, -0.2) is 0 Å². The van der Waals surface area contributed by atoms with Crippen LogP contribution in [-0.2, 0) is 16.0 Å². The third kappa shape index (κ3) is 2.86. The largest absolute Gasteiger partial charge is 0.490 e. The molecular weight excluding hydrogens is 262 g/mol. The molecule has 0 radical (unpaired) electrons. The molecule has 0 aliphatic carbocycles. The quantitative estimate of drug-likeness (QED) is 0.750. The van der Waals surface area contributed by atoms with Crippen molar-refractivity contribution in [1.82, 2.24) is 0 Å². The first-order chi connectivity index (χ1) is 9.78. The number of anilines is 1. The molecule has 20 heavy (non-hydrogen) atoms. The van der Waals surface area contributed by atoms with E-state index in [4.69, 9.17) is 19.3 Å². The number of aliphatic hydroxyl groups excluding tert-OH is 1. The van der Waals surface area contributed by atoms with E-state index in [1.165, 1.54) is 0 Å². The minimum absolute atomic E-state index is 0.0333. The summed E-state index contributed by atoms with van der Waals surface area (Å²) in [5.41, 5.74) is 1.60. The average molecular weight is 279 g/mol. The Kier molecular flexibility index (Phi) is 3.75. The molecule has 0 aromatic heterocycles. The zero-order chi connectivity index (χ0) is 13.9. The first kappa shape index (κ1) is 13.2. The Bertz CT molecular complexity index is 513. The number of aliphatic hydroxyl groups is 1. The molecular formula is C14H17NO5. The molecule has 0 saturated carbocycles. The second kappa shape index (κ2) is 5.68. The normalized spacial score (nSPS) is 20.1. The molecule has 1 aromatic carbocycles. The first-order valence-electron chi connectivity index (χ1n) is 6.71. The Morgan fingerprint density at radius 1 is 1.30 bits per heavy atom. The monoisotopic (exact) mass is 279 g/mol. The first-order valence-corrected chi connectivity index (χ1v) is 6.71. The van der Waals surface area contributed by atoms with E-state index < -0.39 is 0 Å². The number of nitrogens with one attached hydrogen (secondary N) is 1. The van der Waals surface area contributed by atoms with Gasteiger partial charge in [-0.05, 0) is 18.6 Å². The maximum Gasteiger partial charge on any atom is 0.224 e. The van der Waals surface area contributed by atoms with Crippen molar-refractivity contribution < 1.29 is 24.1 Å². The van der Waals surface area contributed by atoms with Crippen LogP contribution in [0.25, 0.3) is 0 Å². The highest BCUT2D eigenvalue weighted by atomic mass is 16.6. The van der Waals surface area contributed by atoms with Gasteiger partial charge in [0.15, 0.2) is 0 Å². The maximum atomic E-state index is 11.6. The number of benzene rings is 1. The third-order valence-corrected chi connectivity index (χ3v) is 3.27. The van der Waals surface area contributed by atoms with E-state index in [1.54, 1.807) is 6.07 Å². The summed E-state index contributed by atoms with van der Waals surface area (Å²) in [6, 6.07) is 3.59. The lowest BCUT2D eigenvalue weighted by Crippen LogP contribution is -2.21. The topological polar surface area (TPSA) is 80.3 Å². The summed E-state index contributed by atoms with van der Waals surface area (Å²) < 4.78 is 16.3. The van der Waals surface area contributed by atoms with Crippen LogP contribution < -0.4 is 14.8 Å². The smallest absolute Gasteiger partial charge is 0.224 e. The van der Waals surface area contributed by atoms with E-state index >= 15 is 0 Å². The van der Waals surface area contributed by atoms with Gasteiger partial charge in [-0.2, -0.15) is 0 Å². The molecule has 1 unspecified atom stereocenters. The van der Waals surface area contributed by atoms with Crippen molar-refractivity contribution in [3.8, 4) is 11.5 Å². The zero-order valence-corrected chi connectivity index (χ0v) is 11.1. The van der Waals surface area contributed by atoms with Crippen LogP contribution in [0.1, 0.15) is 12.0 Å². The summed E-state index contributed by atoms with van der Waals surface area (Å²) >= 11 is 0. The van der Waals surface area contributed by atoms with Crippen molar-refractivity contribution in [3.63, 3.8) is 0 Å². The van der Waals surface area contributed by atoms with E-state index in [2.05, 4.69) is 5.32 Å². The second-order valence-electron chi connectivity index (χ2n) is 4.80. The Balaban J connectivity index is 1.84. The van der Waals surface area contributed by atoms with Gasteiger partial charge in [-0.1, -0.05) is 0 Å². The fourth-order valence-electron chi connectivity index (χ4n) is 2.19. The molecule has 2 aliphatic rings. The lowest BCUT2D eigenvalue weighted by molar-refractivity contribution is -0.116. The third-order valence-electron chi connectivity index (χ3n) is 3.27. The van der Waals surface area contributed by atoms with Crippen LogP contribution in [0.15, 0.2) is 12.1 Å². The molecule has 2 aliphatic heterocycles. The molecule has 0 spiro atoms. The number of hydrogen-bond acceptors (Lipinski definition) is 5. The minimum atomic E-state index is -0.0695. The second-order valence-corrected chi connectivity index (χ2v) is 4.80.